The normalized spacial score (nSPS) is 21.7. The van der Waals surface area contributed by atoms with Gasteiger partial charge >= 0.3 is 0 Å². The summed E-state index contributed by atoms with van der Waals surface area (Å²) in [6.45, 7) is 3.53. The van der Waals surface area contributed by atoms with Gasteiger partial charge in [-0.05, 0) is 19.9 Å². The molecule has 10 heavy (non-hydrogen) atoms. The van der Waals surface area contributed by atoms with E-state index >= 15 is 0 Å². The highest BCUT2D eigenvalue weighted by Gasteiger charge is 2.21. The molecule has 2 heteroatoms. The first-order chi connectivity index (χ1) is 4.67. The Balaban J connectivity index is 2.74. The fourth-order valence-electron chi connectivity index (χ4n) is 0.926. The third-order valence-electron chi connectivity index (χ3n) is 1.75. The molecule has 1 aliphatic rings. The summed E-state index contributed by atoms with van der Waals surface area (Å²) in [5.41, 5.74) is -0.163. The zero-order chi connectivity index (χ0) is 7.61. The van der Waals surface area contributed by atoms with Crippen LogP contribution in [0.1, 0.15) is 13.8 Å². The van der Waals surface area contributed by atoms with Crippen LogP contribution in [0, 0.1) is 0 Å². The van der Waals surface area contributed by atoms with E-state index in [1.54, 1.807) is 11.1 Å². The molecule has 0 aromatic rings. The molecule has 0 aromatic heterocycles. The van der Waals surface area contributed by atoms with Crippen molar-refractivity contribution >= 4 is 0 Å². The lowest BCUT2D eigenvalue weighted by atomic mass is 10.0. The monoisotopic (exact) mass is 141 g/mol. The summed E-state index contributed by atoms with van der Waals surface area (Å²) < 4.78 is 12.2. The van der Waals surface area contributed by atoms with Gasteiger partial charge in [-0.2, -0.15) is 0 Å². The number of rotatable bonds is 1. The van der Waals surface area contributed by atoms with Gasteiger partial charge in [0.05, 0.1) is 5.54 Å². The van der Waals surface area contributed by atoms with Crippen LogP contribution in [0.3, 0.4) is 0 Å². The minimum absolute atomic E-state index is 0.163. The summed E-state index contributed by atoms with van der Waals surface area (Å²) >= 11 is 0. The SMILES string of the molecule is CC1(C)C=CC=CN1CF. The van der Waals surface area contributed by atoms with E-state index in [0.29, 0.717) is 0 Å². The Labute approximate surface area is 60.8 Å². The molecule has 0 saturated heterocycles. The molecule has 0 unspecified atom stereocenters. The highest BCUT2D eigenvalue weighted by Crippen LogP contribution is 2.19. The molecule has 0 radical (unpaired) electrons. The van der Waals surface area contributed by atoms with Crippen LogP contribution >= 0.6 is 0 Å². The number of hydrogen-bond donors (Lipinski definition) is 0. The molecule has 56 valence electrons. The zero-order valence-electron chi connectivity index (χ0n) is 6.34. The first-order valence-corrected chi connectivity index (χ1v) is 3.35. The molecule has 0 bridgehead atoms. The Morgan fingerprint density at radius 3 is 2.50 bits per heavy atom. The quantitative estimate of drug-likeness (QED) is 0.505. The maximum atomic E-state index is 12.2. The van der Waals surface area contributed by atoms with Gasteiger partial charge in [-0.1, -0.05) is 12.2 Å². The van der Waals surface area contributed by atoms with Crippen molar-refractivity contribution in [1.29, 1.82) is 0 Å². The van der Waals surface area contributed by atoms with Crippen LogP contribution in [-0.4, -0.2) is 17.2 Å². The maximum absolute atomic E-state index is 12.2. The molecule has 0 aliphatic carbocycles. The van der Waals surface area contributed by atoms with Gasteiger partial charge in [-0.15, -0.1) is 0 Å². The van der Waals surface area contributed by atoms with E-state index in [1.165, 1.54) is 0 Å². The molecule has 0 spiro atoms. The van der Waals surface area contributed by atoms with Gasteiger partial charge in [0.2, 0.25) is 0 Å². The minimum atomic E-state index is -0.423. The Hall–Kier alpha value is -0.790. The topological polar surface area (TPSA) is 3.24 Å². The van der Waals surface area contributed by atoms with Crippen LogP contribution in [0.25, 0.3) is 0 Å². The second-order valence-electron chi connectivity index (χ2n) is 2.94. The lowest BCUT2D eigenvalue weighted by molar-refractivity contribution is 0.160. The first kappa shape index (κ1) is 7.32. The van der Waals surface area contributed by atoms with E-state index in [9.17, 15) is 4.39 Å². The second kappa shape index (κ2) is 2.45. The molecular formula is C8H12FN. The third-order valence-corrected chi connectivity index (χ3v) is 1.75. The molecule has 0 aromatic carbocycles. The molecule has 0 saturated carbocycles. The van der Waals surface area contributed by atoms with Crippen LogP contribution in [-0.2, 0) is 0 Å². The zero-order valence-corrected chi connectivity index (χ0v) is 6.34. The van der Waals surface area contributed by atoms with E-state index in [4.69, 9.17) is 0 Å². The summed E-state index contributed by atoms with van der Waals surface area (Å²) in [6, 6.07) is 0. The van der Waals surface area contributed by atoms with Gasteiger partial charge in [0, 0.05) is 6.20 Å². The van der Waals surface area contributed by atoms with E-state index in [1.807, 2.05) is 32.1 Å². The number of alkyl halides is 1. The van der Waals surface area contributed by atoms with Crippen LogP contribution < -0.4 is 0 Å². The van der Waals surface area contributed by atoms with Gasteiger partial charge in [0.1, 0.15) is 0 Å². The Kier molecular flexibility index (Phi) is 1.79. The third kappa shape index (κ3) is 1.20. The Morgan fingerprint density at radius 2 is 2.10 bits per heavy atom. The fourth-order valence-corrected chi connectivity index (χ4v) is 0.926. The van der Waals surface area contributed by atoms with Gasteiger partial charge in [-0.3, -0.25) is 0 Å². The fraction of sp³-hybridized carbons (Fsp3) is 0.500. The molecule has 1 rings (SSSR count). The molecule has 1 heterocycles. The molecule has 1 nitrogen and oxygen atoms in total. The standard InChI is InChI=1S/C8H12FN/c1-8(2)5-3-4-6-10(8)7-9/h3-6H,7H2,1-2H3. The van der Waals surface area contributed by atoms with Crippen LogP contribution in [0.5, 0.6) is 0 Å². The van der Waals surface area contributed by atoms with Gasteiger partial charge in [0.15, 0.2) is 6.80 Å². The van der Waals surface area contributed by atoms with E-state index in [-0.39, 0.29) is 5.54 Å². The summed E-state index contributed by atoms with van der Waals surface area (Å²) in [5, 5.41) is 0. The highest BCUT2D eigenvalue weighted by atomic mass is 19.1. The second-order valence-corrected chi connectivity index (χ2v) is 2.94. The number of nitrogens with zero attached hydrogens (tertiary/aromatic N) is 1. The number of allylic oxidation sites excluding steroid dienone is 2. The molecular weight excluding hydrogens is 129 g/mol. The van der Waals surface area contributed by atoms with Crippen molar-refractivity contribution in [3.8, 4) is 0 Å². The lowest BCUT2D eigenvalue weighted by Crippen LogP contribution is -2.38. The molecule has 0 amide bonds. The van der Waals surface area contributed by atoms with Crippen LogP contribution in [0.4, 0.5) is 4.39 Å². The van der Waals surface area contributed by atoms with Crippen molar-refractivity contribution in [2.75, 3.05) is 6.80 Å². The summed E-state index contributed by atoms with van der Waals surface area (Å²) in [6.07, 6.45) is 7.52. The average Bonchev–Trinajstić information content (AvgIpc) is 1.87. The largest absolute Gasteiger partial charge is 0.342 e. The first-order valence-electron chi connectivity index (χ1n) is 3.35. The van der Waals surface area contributed by atoms with E-state index < -0.39 is 6.80 Å². The lowest BCUT2D eigenvalue weighted by Gasteiger charge is -2.34. The Morgan fingerprint density at radius 1 is 1.40 bits per heavy atom. The predicted molar refractivity (Wildman–Crippen MR) is 40.2 cm³/mol. The minimum Gasteiger partial charge on any atom is -0.342 e. The van der Waals surface area contributed by atoms with Crippen molar-refractivity contribution in [3.63, 3.8) is 0 Å². The average molecular weight is 141 g/mol. The van der Waals surface area contributed by atoms with Crippen LogP contribution in [0.15, 0.2) is 24.4 Å². The van der Waals surface area contributed by atoms with Gasteiger partial charge in [-0.25, -0.2) is 4.39 Å². The van der Waals surface area contributed by atoms with E-state index in [0.717, 1.165) is 0 Å². The van der Waals surface area contributed by atoms with Crippen molar-refractivity contribution < 1.29 is 4.39 Å². The van der Waals surface area contributed by atoms with Gasteiger partial charge in [0.25, 0.3) is 0 Å². The summed E-state index contributed by atoms with van der Waals surface area (Å²) in [7, 11) is 0. The van der Waals surface area contributed by atoms with Crippen molar-refractivity contribution in [2.24, 2.45) is 0 Å². The summed E-state index contributed by atoms with van der Waals surface area (Å²) in [5.74, 6) is 0. The smallest absolute Gasteiger partial charge is 0.162 e. The number of hydrogen-bond acceptors (Lipinski definition) is 1. The Bertz CT molecular complexity index is 170. The molecule has 0 atom stereocenters. The van der Waals surface area contributed by atoms with Crippen molar-refractivity contribution in [1.82, 2.24) is 4.90 Å². The highest BCUT2D eigenvalue weighted by molar-refractivity contribution is 5.17. The molecule has 0 fully saturated rings. The van der Waals surface area contributed by atoms with E-state index in [2.05, 4.69) is 0 Å². The van der Waals surface area contributed by atoms with Crippen molar-refractivity contribution in [2.45, 2.75) is 19.4 Å². The number of halogens is 1. The summed E-state index contributed by atoms with van der Waals surface area (Å²) in [4.78, 5) is 1.65. The molecule has 1 aliphatic heterocycles. The predicted octanol–water partition coefficient (Wildman–Crippen LogP) is 2.08. The maximum Gasteiger partial charge on any atom is 0.162 e. The molecule has 0 N–H and O–H groups in total. The van der Waals surface area contributed by atoms with Crippen LogP contribution in [0.2, 0.25) is 0 Å². The van der Waals surface area contributed by atoms with Crippen molar-refractivity contribution in [3.05, 3.63) is 24.4 Å². The van der Waals surface area contributed by atoms with Gasteiger partial charge < -0.3 is 4.90 Å².